The van der Waals surface area contributed by atoms with Gasteiger partial charge in [-0.1, -0.05) is 36.8 Å². The second-order valence-corrected chi connectivity index (χ2v) is 8.29. The molecule has 1 unspecified atom stereocenters. The van der Waals surface area contributed by atoms with Crippen molar-refractivity contribution in [3.63, 3.8) is 0 Å². The third-order valence-corrected chi connectivity index (χ3v) is 5.93. The molecule has 9 heteroatoms. The SMILES string of the molecule is CCS(=O)CCNS(=O)(=O)c1cc(C(N)=S)ccc1Cl. The highest BCUT2D eigenvalue weighted by Gasteiger charge is 2.18. The minimum Gasteiger partial charge on any atom is -0.389 e. The van der Waals surface area contributed by atoms with Gasteiger partial charge in [-0.25, -0.2) is 13.1 Å². The summed E-state index contributed by atoms with van der Waals surface area (Å²) in [5, 5.41) is 0.0779. The lowest BCUT2D eigenvalue weighted by Crippen LogP contribution is -2.28. The molecule has 0 saturated carbocycles. The van der Waals surface area contributed by atoms with E-state index in [9.17, 15) is 12.6 Å². The summed E-state index contributed by atoms with van der Waals surface area (Å²) >= 11 is 10.7. The van der Waals surface area contributed by atoms with Crippen LogP contribution < -0.4 is 10.5 Å². The molecule has 0 heterocycles. The fraction of sp³-hybridized carbons (Fsp3) is 0.364. The lowest BCUT2D eigenvalue weighted by Gasteiger charge is -2.09. The quantitative estimate of drug-likeness (QED) is 0.713. The van der Waals surface area contributed by atoms with Gasteiger partial charge in [0.25, 0.3) is 0 Å². The summed E-state index contributed by atoms with van der Waals surface area (Å²) in [6.45, 7) is 1.85. The minimum atomic E-state index is -3.78. The predicted molar refractivity (Wildman–Crippen MR) is 86.1 cm³/mol. The maximum absolute atomic E-state index is 12.1. The molecule has 0 amide bonds. The summed E-state index contributed by atoms with van der Waals surface area (Å²) in [7, 11) is -4.82. The number of nitrogens with one attached hydrogen (secondary N) is 1. The Hall–Kier alpha value is -0.540. The van der Waals surface area contributed by atoms with Gasteiger partial charge in [-0.2, -0.15) is 0 Å². The molecule has 112 valence electrons. The van der Waals surface area contributed by atoms with E-state index in [1.807, 2.05) is 0 Å². The fourth-order valence-electron chi connectivity index (χ4n) is 1.37. The van der Waals surface area contributed by atoms with E-state index < -0.39 is 20.8 Å². The first-order valence-corrected chi connectivity index (χ1v) is 9.47. The molecule has 1 atom stereocenters. The Balaban J connectivity index is 2.94. The monoisotopic (exact) mass is 354 g/mol. The van der Waals surface area contributed by atoms with Gasteiger partial charge in [-0.05, 0) is 12.1 Å². The number of thiocarbonyl (C=S) groups is 1. The van der Waals surface area contributed by atoms with E-state index in [4.69, 9.17) is 29.6 Å². The number of rotatable bonds is 7. The standard InChI is InChI=1S/C11H15ClN2O3S3/c1-2-19(15)6-5-14-20(16,17)10-7-8(11(13)18)3-4-9(10)12/h3-4,7,14H,2,5-6H2,1H3,(H2,13,18). The second kappa shape index (κ2) is 7.46. The van der Waals surface area contributed by atoms with Crippen LogP contribution in [-0.2, 0) is 20.8 Å². The van der Waals surface area contributed by atoms with Crippen LogP contribution in [0, 0.1) is 0 Å². The van der Waals surface area contributed by atoms with Gasteiger partial charge in [-0.15, -0.1) is 0 Å². The van der Waals surface area contributed by atoms with Crippen LogP contribution in [0.3, 0.4) is 0 Å². The molecule has 5 nitrogen and oxygen atoms in total. The molecule has 0 aliphatic heterocycles. The van der Waals surface area contributed by atoms with Gasteiger partial charge in [0.15, 0.2) is 0 Å². The smallest absolute Gasteiger partial charge is 0.242 e. The van der Waals surface area contributed by atoms with Crippen LogP contribution in [0.1, 0.15) is 12.5 Å². The van der Waals surface area contributed by atoms with Crippen LogP contribution in [0.5, 0.6) is 0 Å². The number of hydrogen-bond donors (Lipinski definition) is 2. The third-order valence-electron chi connectivity index (χ3n) is 2.45. The summed E-state index contributed by atoms with van der Waals surface area (Å²) in [6.07, 6.45) is 0. The van der Waals surface area contributed by atoms with Crippen molar-refractivity contribution in [3.8, 4) is 0 Å². The van der Waals surface area contributed by atoms with Crippen LogP contribution in [0.15, 0.2) is 23.1 Å². The summed E-state index contributed by atoms with van der Waals surface area (Å²) < 4.78 is 37.9. The zero-order valence-electron chi connectivity index (χ0n) is 10.8. The van der Waals surface area contributed by atoms with Gasteiger partial charge in [0.1, 0.15) is 9.88 Å². The molecule has 1 aromatic carbocycles. The first-order chi connectivity index (χ1) is 9.27. The molecule has 0 aliphatic carbocycles. The molecule has 0 bridgehead atoms. The van der Waals surface area contributed by atoms with E-state index >= 15 is 0 Å². The van der Waals surface area contributed by atoms with Crippen molar-refractivity contribution in [1.82, 2.24) is 4.72 Å². The highest BCUT2D eigenvalue weighted by molar-refractivity contribution is 7.89. The number of hydrogen-bond acceptors (Lipinski definition) is 4. The molecule has 3 N–H and O–H groups in total. The van der Waals surface area contributed by atoms with Crippen LogP contribution in [0.2, 0.25) is 5.02 Å². The minimum absolute atomic E-state index is 0.0779. The summed E-state index contributed by atoms with van der Waals surface area (Å²) in [5.41, 5.74) is 5.89. The molecule has 0 spiro atoms. The largest absolute Gasteiger partial charge is 0.389 e. The summed E-state index contributed by atoms with van der Waals surface area (Å²) in [4.78, 5) is -0.00282. The van der Waals surface area contributed by atoms with Crippen molar-refractivity contribution in [2.45, 2.75) is 11.8 Å². The van der Waals surface area contributed by atoms with Crippen molar-refractivity contribution >= 4 is 49.6 Å². The normalized spacial score (nSPS) is 13.1. The molecule has 1 rings (SSSR count). The van der Waals surface area contributed by atoms with Crippen molar-refractivity contribution in [1.29, 1.82) is 0 Å². The molecule has 20 heavy (non-hydrogen) atoms. The van der Waals surface area contributed by atoms with E-state index in [0.29, 0.717) is 11.3 Å². The molecular formula is C11H15ClN2O3S3. The first kappa shape index (κ1) is 17.5. The Morgan fingerprint density at radius 2 is 2.15 bits per heavy atom. The average Bonchev–Trinajstić information content (AvgIpc) is 2.38. The predicted octanol–water partition coefficient (Wildman–Crippen LogP) is 1.02. The van der Waals surface area contributed by atoms with E-state index in [2.05, 4.69) is 4.72 Å². The van der Waals surface area contributed by atoms with E-state index in [1.165, 1.54) is 12.1 Å². The van der Waals surface area contributed by atoms with Gasteiger partial charge >= 0.3 is 0 Å². The van der Waals surface area contributed by atoms with Crippen LogP contribution in [-0.4, -0.2) is 35.7 Å². The van der Waals surface area contributed by atoms with Crippen LogP contribution in [0.25, 0.3) is 0 Å². The van der Waals surface area contributed by atoms with Crippen molar-refractivity contribution in [2.75, 3.05) is 18.1 Å². The van der Waals surface area contributed by atoms with Crippen molar-refractivity contribution < 1.29 is 12.6 Å². The molecule has 0 fully saturated rings. The van der Waals surface area contributed by atoms with Crippen LogP contribution >= 0.6 is 23.8 Å². The van der Waals surface area contributed by atoms with Crippen molar-refractivity contribution in [3.05, 3.63) is 28.8 Å². The van der Waals surface area contributed by atoms with Gasteiger partial charge in [0, 0.05) is 34.4 Å². The van der Waals surface area contributed by atoms with Crippen LogP contribution in [0.4, 0.5) is 0 Å². The Morgan fingerprint density at radius 3 is 2.70 bits per heavy atom. The Morgan fingerprint density at radius 1 is 1.50 bits per heavy atom. The van der Waals surface area contributed by atoms with E-state index in [0.717, 1.165) is 0 Å². The maximum atomic E-state index is 12.1. The summed E-state index contributed by atoms with van der Waals surface area (Å²) in [5.74, 6) is 0.738. The highest BCUT2D eigenvalue weighted by atomic mass is 35.5. The number of halogens is 1. The van der Waals surface area contributed by atoms with Crippen molar-refractivity contribution in [2.24, 2.45) is 5.73 Å². The highest BCUT2D eigenvalue weighted by Crippen LogP contribution is 2.22. The Labute approximate surface area is 131 Å². The molecule has 0 aliphatic rings. The maximum Gasteiger partial charge on any atom is 0.242 e. The van der Waals surface area contributed by atoms with Gasteiger partial charge in [-0.3, -0.25) is 4.21 Å². The molecule has 0 radical (unpaired) electrons. The van der Waals surface area contributed by atoms with Gasteiger partial charge < -0.3 is 5.73 Å². The van der Waals surface area contributed by atoms with E-state index in [-0.39, 0.29) is 27.2 Å². The lowest BCUT2D eigenvalue weighted by atomic mass is 10.2. The Bertz CT molecular complexity index is 632. The molecule has 1 aromatic rings. The molecule has 0 aromatic heterocycles. The Kier molecular flexibility index (Phi) is 6.53. The zero-order valence-corrected chi connectivity index (χ0v) is 14.0. The number of benzene rings is 1. The molecule has 0 saturated heterocycles. The topological polar surface area (TPSA) is 89.3 Å². The second-order valence-electron chi connectivity index (χ2n) is 3.84. The zero-order chi connectivity index (χ0) is 15.3. The fourth-order valence-corrected chi connectivity index (χ4v) is 3.80. The molecular weight excluding hydrogens is 340 g/mol. The van der Waals surface area contributed by atoms with Gasteiger partial charge in [0.05, 0.1) is 5.02 Å². The van der Waals surface area contributed by atoms with E-state index in [1.54, 1.807) is 13.0 Å². The summed E-state index contributed by atoms with van der Waals surface area (Å²) in [6, 6.07) is 4.30. The third kappa shape index (κ3) is 4.78. The number of nitrogens with two attached hydrogens (primary N) is 1. The lowest BCUT2D eigenvalue weighted by molar-refractivity contribution is 0.584. The average molecular weight is 355 g/mol. The number of sulfonamides is 1. The first-order valence-electron chi connectivity index (χ1n) is 5.72. The van der Waals surface area contributed by atoms with Gasteiger partial charge in [0.2, 0.25) is 10.0 Å².